The van der Waals surface area contributed by atoms with Crippen LogP contribution in [0.4, 0.5) is 0 Å². The molecule has 1 heterocycles. The number of nitrogens with zero attached hydrogens (tertiary/aromatic N) is 1. The smallest absolute Gasteiger partial charge is 0.223 e. The van der Waals surface area contributed by atoms with Gasteiger partial charge in [0.2, 0.25) is 5.91 Å². The largest absolute Gasteiger partial charge is 0.388 e. The van der Waals surface area contributed by atoms with Gasteiger partial charge in [0.05, 0.1) is 11.4 Å². The lowest BCUT2D eigenvalue weighted by Gasteiger charge is -2.30. The number of carbonyl (C=O) groups is 1. The highest BCUT2D eigenvalue weighted by Gasteiger charge is 2.48. The summed E-state index contributed by atoms with van der Waals surface area (Å²) < 4.78 is 22.0. The van der Waals surface area contributed by atoms with Crippen molar-refractivity contribution in [3.8, 4) is 0 Å². The molecule has 1 unspecified atom stereocenters. The third-order valence-corrected chi connectivity index (χ3v) is 4.53. The molecule has 0 spiro atoms. The van der Waals surface area contributed by atoms with Crippen LogP contribution in [0.15, 0.2) is 0 Å². The molecule has 1 rings (SSSR count). The van der Waals surface area contributed by atoms with E-state index in [-0.39, 0.29) is 30.0 Å². The first-order chi connectivity index (χ1) is 7.45. The molecule has 0 radical (unpaired) electrons. The number of sulfone groups is 1. The number of likely N-dealkylation sites (tertiary alicyclic amines) is 1. The van der Waals surface area contributed by atoms with E-state index in [0.29, 0.717) is 6.54 Å². The second-order valence-corrected chi connectivity index (χ2v) is 8.05. The molecule has 100 valence electrons. The first-order valence-electron chi connectivity index (χ1n) is 5.62. The molecule has 1 fully saturated rings. The number of aliphatic hydroxyl groups is 1. The predicted molar refractivity (Wildman–Crippen MR) is 65.3 cm³/mol. The molecule has 0 aromatic rings. The van der Waals surface area contributed by atoms with Gasteiger partial charge in [-0.1, -0.05) is 13.8 Å². The Balaban J connectivity index is 2.63. The third kappa shape index (κ3) is 3.42. The summed E-state index contributed by atoms with van der Waals surface area (Å²) in [5.74, 6) is -0.341. The van der Waals surface area contributed by atoms with Gasteiger partial charge < -0.3 is 10.0 Å². The van der Waals surface area contributed by atoms with E-state index in [1.807, 2.05) is 13.8 Å². The van der Waals surface area contributed by atoms with Crippen LogP contribution in [0.5, 0.6) is 0 Å². The Bertz CT molecular complexity index is 395. The third-order valence-electron chi connectivity index (χ3n) is 3.58. The minimum absolute atomic E-state index is 0.00894. The van der Waals surface area contributed by atoms with Gasteiger partial charge in [-0.15, -0.1) is 0 Å². The van der Waals surface area contributed by atoms with Crippen LogP contribution in [0.25, 0.3) is 0 Å². The number of carbonyl (C=O) groups excluding carboxylic acids is 1. The van der Waals surface area contributed by atoms with Gasteiger partial charge in [0.1, 0.15) is 9.84 Å². The van der Waals surface area contributed by atoms with Crippen molar-refractivity contribution in [3.63, 3.8) is 0 Å². The van der Waals surface area contributed by atoms with E-state index in [1.54, 1.807) is 11.8 Å². The van der Waals surface area contributed by atoms with Gasteiger partial charge in [-0.2, -0.15) is 0 Å². The number of hydrogen-bond acceptors (Lipinski definition) is 4. The lowest BCUT2D eigenvalue weighted by Crippen LogP contribution is -2.40. The topological polar surface area (TPSA) is 74.7 Å². The SMILES string of the molecule is CC1(C)CN(C(=O)CCS(C)(=O)=O)CC1(C)O. The van der Waals surface area contributed by atoms with Gasteiger partial charge >= 0.3 is 0 Å². The molecule has 1 atom stereocenters. The summed E-state index contributed by atoms with van der Waals surface area (Å²) in [6.07, 6.45) is 1.11. The molecule has 0 bridgehead atoms. The molecule has 5 nitrogen and oxygen atoms in total. The van der Waals surface area contributed by atoms with Crippen molar-refractivity contribution in [2.24, 2.45) is 5.41 Å². The van der Waals surface area contributed by atoms with Gasteiger partial charge in [0, 0.05) is 31.2 Å². The normalized spacial score (nSPS) is 28.4. The van der Waals surface area contributed by atoms with Crippen LogP contribution in [-0.2, 0) is 14.6 Å². The fourth-order valence-electron chi connectivity index (χ4n) is 1.90. The van der Waals surface area contributed by atoms with E-state index in [1.165, 1.54) is 0 Å². The molecule has 0 saturated carbocycles. The Labute approximate surface area is 103 Å². The van der Waals surface area contributed by atoms with Crippen molar-refractivity contribution < 1.29 is 18.3 Å². The Morgan fingerprint density at radius 1 is 1.29 bits per heavy atom. The van der Waals surface area contributed by atoms with Crippen molar-refractivity contribution in [3.05, 3.63) is 0 Å². The molecule has 1 amide bonds. The average molecular weight is 263 g/mol. The van der Waals surface area contributed by atoms with Crippen molar-refractivity contribution in [1.82, 2.24) is 4.90 Å². The van der Waals surface area contributed by atoms with Crippen LogP contribution in [-0.4, -0.2) is 55.0 Å². The summed E-state index contributed by atoms with van der Waals surface area (Å²) in [5, 5.41) is 10.2. The molecule has 1 aliphatic heterocycles. The minimum Gasteiger partial charge on any atom is -0.388 e. The molecular formula is C11H21NO4S. The van der Waals surface area contributed by atoms with Gasteiger partial charge in [0.25, 0.3) is 0 Å². The zero-order valence-electron chi connectivity index (χ0n) is 10.9. The number of amides is 1. The summed E-state index contributed by atoms with van der Waals surface area (Å²) in [7, 11) is -3.12. The maximum atomic E-state index is 11.8. The van der Waals surface area contributed by atoms with Crippen molar-refractivity contribution in [2.75, 3.05) is 25.1 Å². The second kappa shape index (κ2) is 4.24. The molecule has 0 aromatic carbocycles. The maximum Gasteiger partial charge on any atom is 0.223 e. The van der Waals surface area contributed by atoms with E-state index in [4.69, 9.17) is 0 Å². The van der Waals surface area contributed by atoms with Crippen LogP contribution in [0.3, 0.4) is 0 Å². The molecule has 0 aromatic heterocycles. The van der Waals surface area contributed by atoms with E-state index >= 15 is 0 Å². The monoisotopic (exact) mass is 263 g/mol. The Morgan fingerprint density at radius 2 is 1.82 bits per heavy atom. The highest BCUT2D eigenvalue weighted by Crippen LogP contribution is 2.38. The van der Waals surface area contributed by atoms with Crippen LogP contribution in [0.2, 0.25) is 0 Å². The first-order valence-corrected chi connectivity index (χ1v) is 7.69. The van der Waals surface area contributed by atoms with Gasteiger partial charge in [0.15, 0.2) is 0 Å². The average Bonchev–Trinajstić information content (AvgIpc) is 2.31. The standard InChI is InChI=1S/C11H21NO4S/c1-10(2)7-12(8-11(10,3)14)9(13)5-6-17(4,15)16/h14H,5-8H2,1-4H3. The molecule has 17 heavy (non-hydrogen) atoms. The van der Waals surface area contributed by atoms with Gasteiger partial charge in [-0.25, -0.2) is 8.42 Å². The summed E-state index contributed by atoms with van der Waals surface area (Å²) in [6.45, 7) is 6.23. The molecule has 1 aliphatic rings. The Kier molecular flexibility index (Phi) is 3.60. The van der Waals surface area contributed by atoms with Crippen LogP contribution < -0.4 is 0 Å². The van der Waals surface area contributed by atoms with Crippen LogP contribution >= 0.6 is 0 Å². The highest BCUT2D eigenvalue weighted by atomic mass is 32.2. The van der Waals surface area contributed by atoms with Gasteiger partial charge in [-0.3, -0.25) is 4.79 Å². The summed E-state index contributed by atoms with van der Waals surface area (Å²) in [6, 6.07) is 0. The molecule has 0 aliphatic carbocycles. The van der Waals surface area contributed by atoms with E-state index in [0.717, 1.165) is 6.26 Å². The Morgan fingerprint density at radius 3 is 2.18 bits per heavy atom. The first kappa shape index (κ1) is 14.4. The van der Waals surface area contributed by atoms with E-state index in [2.05, 4.69) is 0 Å². The lowest BCUT2D eigenvalue weighted by atomic mass is 9.79. The fourth-order valence-corrected chi connectivity index (χ4v) is 2.44. The van der Waals surface area contributed by atoms with Crippen molar-refractivity contribution >= 4 is 15.7 Å². The van der Waals surface area contributed by atoms with E-state index < -0.39 is 15.4 Å². The predicted octanol–water partition coefficient (Wildman–Crippen LogP) is 0.0405. The molecule has 6 heteroatoms. The maximum absolute atomic E-state index is 11.8. The highest BCUT2D eigenvalue weighted by molar-refractivity contribution is 7.90. The molecule has 1 N–H and O–H groups in total. The zero-order chi connectivity index (χ0) is 13.5. The summed E-state index contributed by atoms with van der Waals surface area (Å²) in [4.78, 5) is 13.4. The van der Waals surface area contributed by atoms with Crippen LogP contribution in [0.1, 0.15) is 27.2 Å². The fraction of sp³-hybridized carbons (Fsp3) is 0.909. The summed E-state index contributed by atoms with van der Waals surface area (Å²) in [5.41, 5.74) is -1.29. The zero-order valence-corrected chi connectivity index (χ0v) is 11.7. The second-order valence-electron chi connectivity index (χ2n) is 5.79. The van der Waals surface area contributed by atoms with Crippen molar-refractivity contribution in [2.45, 2.75) is 32.8 Å². The lowest BCUT2D eigenvalue weighted by molar-refractivity contribution is -0.130. The molecule has 1 saturated heterocycles. The number of rotatable bonds is 3. The van der Waals surface area contributed by atoms with E-state index in [9.17, 15) is 18.3 Å². The van der Waals surface area contributed by atoms with Gasteiger partial charge in [-0.05, 0) is 6.92 Å². The summed E-state index contributed by atoms with van der Waals surface area (Å²) >= 11 is 0. The van der Waals surface area contributed by atoms with Crippen molar-refractivity contribution in [1.29, 1.82) is 0 Å². The Hall–Kier alpha value is -0.620. The minimum atomic E-state index is -3.12. The number of hydrogen-bond donors (Lipinski definition) is 1. The molecular weight excluding hydrogens is 242 g/mol. The van der Waals surface area contributed by atoms with Crippen LogP contribution in [0, 0.1) is 5.41 Å². The number of β-amino-alcohol motifs (C(OH)–C–C–N with tert-alkyl or cyclic N) is 1. The quantitative estimate of drug-likeness (QED) is 0.780.